The molecule has 0 amide bonds. The smallest absolute Gasteiger partial charge is 0.162 e. The predicted octanol–water partition coefficient (Wildman–Crippen LogP) is 2.21. The molecule has 0 radical (unpaired) electrons. The average Bonchev–Trinajstić information content (AvgIpc) is 2.59. The number of carbonyl (C=O) groups excluding carboxylic acids is 1. The zero-order valence-electron chi connectivity index (χ0n) is 9.06. The van der Waals surface area contributed by atoms with Gasteiger partial charge >= 0.3 is 0 Å². The second-order valence-electron chi connectivity index (χ2n) is 3.86. The van der Waals surface area contributed by atoms with Crippen LogP contribution in [-0.2, 0) is 0 Å². The molecule has 0 unspecified atom stereocenters. The lowest BCUT2D eigenvalue weighted by Crippen LogP contribution is -2.02. The molecule has 0 aliphatic heterocycles. The number of nitrogens with zero attached hydrogens (tertiary/aromatic N) is 3. The number of hydrogen-bond acceptors (Lipinski definition) is 3. The van der Waals surface area contributed by atoms with Gasteiger partial charge in [0.05, 0.1) is 5.52 Å². The van der Waals surface area contributed by atoms with Gasteiger partial charge in [-0.15, -0.1) is 5.10 Å². The van der Waals surface area contributed by atoms with E-state index in [2.05, 4.69) is 10.3 Å². The highest BCUT2D eigenvalue weighted by Gasteiger charge is 2.12. The summed E-state index contributed by atoms with van der Waals surface area (Å²) in [4.78, 5) is 11.4. The summed E-state index contributed by atoms with van der Waals surface area (Å²) in [5.74, 6) is 0.0245. The number of hydrogen-bond donors (Lipinski definition) is 0. The van der Waals surface area contributed by atoms with Crippen molar-refractivity contribution in [3.63, 3.8) is 0 Å². The Morgan fingerprint density at radius 1 is 1.40 bits per heavy atom. The van der Waals surface area contributed by atoms with Gasteiger partial charge in [0.1, 0.15) is 5.52 Å². The fourth-order valence-electron chi connectivity index (χ4n) is 1.63. The van der Waals surface area contributed by atoms with Crippen molar-refractivity contribution in [2.45, 2.75) is 26.8 Å². The molecule has 1 heterocycles. The predicted molar refractivity (Wildman–Crippen MR) is 57.9 cm³/mol. The van der Waals surface area contributed by atoms with Gasteiger partial charge in [-0.3, -0.25) is 4.79 Å². The van der Waals surface area contributed by atoms with Gasteiger partial charge in [-0.2, -0.15) is 0 Å². The zero-order chi connectivity index (χ0) is 11.0. The number of aromatic nitrogens is 3. The molecule has 0 saturated heterocycles. The van der Waals surface area contributed by atoms with Crippen molar-refractivity contribution in [2.24, 2.45) is 0 Å². The molecule has 0 atom stereocenters. The van der Waals surface area contributed by atoms with Crippen molar-refractivity contribution in [1.29, 1.82) is 0 Å². The van der Waals surface area contributed by atoms with Crippen molar-refractivity contribution in [2.75, 3.05) is 0 Å². The monoisotopic (exact) mass is 203 g/mol. The van der Waals surface area contributed by atoms with Crippen LogP contribution in [0, 0.1) is 0 Å². The van der Waals surface area contributed by atoms with Crippen LogP contribution in [0.1, 0.15) is 37.2 Å². The first kappa shape index (κ1) is 9.83. The van der Waals surface area contributed by atoms with Crippen molar-refractivity contribution in [1.82, 2.24) is 15.0 Å². The largest absolute Gasteiger partial charge is 0.294 e. The third-order valence-electron chi connectivity index (χ3n) is 2.37. The van der Waals surface area contributed by atoms with Gasteiger partial charge in [0.25, 0.3) is 0 Å². The summed E-state index contributed by atoms with van der Waals surface area (Å²) in [6.07, 6.45) is 0. The van der Waals surface area contributed by atoms with Gasteiger partial charge in [-0.25, -0.2) is 4.68 Å². The number of carbonyl (C=O) groups is 1. The second kappa shape index (κ2) is 3.46. The highest BCUT2D eigenvalue weighted by atomic mass is 16.1. The molecule has 2 rings (SSSR count). The molecule has 0 spiro atoms. The summed E-state index contributed by atoms with van der Waals surface area (Å²) < 4.78 is 1.82. The van der Waals surface area contributed by atoms with Gasteiger partial charge in [-0.1, -0.05) is 11.3 Å². The van der Waals surface area contributed by atoms with E-state index >= 15 is 0 Å². The van der Waals surface area contributed by atoms with Crippen molar-refractivity contribution >= 4 is 16.8 Å². The van der Waals surface area contributed by atoms with Gasteiger partial charge in [0.2, 0.25) is 0 Å². The molecular weight excluding hydrogens is 190 g/mol. The molecule has 4 heteroatoms. The Hall–Kier alpha value is -1.71. The van der Waals surface area contributed by atoms with E-state index in [0.29, 0.717) is 11.1 Å². The lowest BCUT2D eigenvalue weighted by Gasteiger charge is -2.05. The van der Waals surface area contributed by atoms with Crippen LogP contribution >= 0.6 is 0 Å². The summed E-state index contributed by atoms with van der Waals surface area (Å²) in [5.41, 5.74) is 2.25. The molecule has 0 aliphatic carbocycles. The van der Waals surface area contributed by atoms with Crippen LogP contribution in [0.25, 0.3) is 11.0 Å². The minimum atomic E-state index is 0.0245. The Kier molecular flexibility index (Phi) is 2.26. The summed E-state index contributed by atoms with van der Waals surface area (Å²) in [7, 11) is 0. The standard InChI is InChI=1S/C11H13N3O/c1-7(2)14-10-6-4-5-9(8(3)15)11(10)12-13-14/h4-7H,1-3H3. The lowest BCUT2D eigenvalue weighted by molar-refractivity contribution is 0.101. The van der Waals surface area contributed by atoms with Crippen LogP contribution < -0.4 is 0 Å². The average molecular weight is 203 g/mol. The lowest BCUT2D eigenvalue weighted by atomic mass is 10.1. The quantitative estimate of drug-likeness (QED) is 0.703. The maximum atomic E-state index is 11.4. The van der Waals surface area contributed by atoms with Crippen molar-refractivity contribution in [3.8, 4) is 0 Å². The van der Waals surface area contributed by atoms with Gasteiger partial charge in [0.15, 0.2) is 5.78 Å². The molecule has 1 aromatic heterocycles. The first-order chi connectivity index (χ1) is 7.11. The number of ketones is 1. The molecule has 15 heavy (non-hydrogen) atoms. The molecule has 0 fully saturated rings. The fourth-order valence-corrected chi connectivity index (χ4v) is 1.63. The van der Waals surface area contributed by atoms with Gasteiger partial charge < -0.3 is 0 Å². The number of benzene rings is 1. The van der Waals surface area contributed by atoms with E-state index in [1.807, 2.05) is 30.7 Å². The number of fused-ring (bicyclic) bond motifs is 1. The van der Waals surface area contributed by atoms with Crippen LogP contribution in [-0.4, -0.2) is 20.8 Å². The number of rotatable bonds is 2. The van der Waals surface area contributed by atoms with E-state index in [9.17, 15) is 4.79 Å². The van der Waals surface area contributed by atoms with Crippen LogP contribution in [0.5, 0.6) is 0 Å². The zero-order valence-corrected chi connectivity index (χ0v) is 9.06. The molecule has 0 N–H and O–H groups in total. The molecule has 78 valence electrons. The molecular formula is C11H13N3O. The third-order valence-corrected chi connectivity index (χ3v) is 2.37. The van der Waals surface area contributed by atoms with E-state index < -0.39 is 0 Å². The van der Waals surface area contributed by atoms with Crippen LogP contribution in [0.3, 0.4) is 0 Å². The molecule has 1 aromatic carbocycles. The minimum absolute atomic E-state index is 0.0245. The van der Waals surface area contributed by atoms with E-state index in [1.54, 1.807) is 13.0 Å². The Balaban J connectivity index is 2.74. The van der Waals surface area contributed by atoms with Crippen LogP contribution in [0.15, 0.2) is 18.2 Å². The minimum Gasteiger partial charge on any atom is -0.294 e. The normalized spacial score (nSPS) is 11.2. The number of Topliss-reactive ketones (excluding diaryl/α,β-unsaturated/α-hetero) is 1. The van der Waals surface area contributed by atoms with Crippen molar-refractivity contribution in [3.05, 3.63) is 23.8 Å². The first-order valence-electron chi connectivity index (χ1n) is 4.96. The van der Waals surface area contributed by atoms with Gasteiger partial charge in [0, 0.05) is 11.6 Å². The summed E-state index contributed by atoms with van der Waals surface area (Å²) in [6, 6.07) is 5.82. The Morgan fingerprint density at radius 2 is 2.13 bits per heavy atom. The SMILES string of the molecule is CC(=O)c1cccc2c1nnn2C(C)C. The summed E-state index contributed by atoms with van der Waals surface area (Å²) >= 11 is 0. The van der Waals surface area contributed by atoms with Crippen molar-refractivity contribution < 1.29 is 4.79 Å². The molecule has 0 bridgehead atoms. The maximum absolute atomic E-state index is 11.4. The van der Waals surface area contributed by atoms with E-state index in [1.165, 1.54) is 0 Å². The molecule has 4 nitrogen and oxygen atoms in total. The molecule has 2 aromatic rings. The molecule has 0 aliphatic rings. The topological polar surface area (TPSA) is 47.8 Å². The first-order valence-corrected chi connectivity index (χ1v) is 4.96. The van der Waals surface area contributed by atoms with Crippen LogP contribution in [0.2, 0.25) is 0 Å². The van der Waals surface area contributed by atoms with Gasteiger partial charge in [-0.05, 0) is 32.9 Å². The highest BCUT2D eigenvalue weighted by Crippen LogP contribution is 2.19. The second-order valence-corrected chi connectivity index (χ2v) is 3.86. The maximum Gasteiger partial charge on any atom is 0.162 e. The summed E-state index contributed by atoms with van der Waals surface area (Å²) in [5, 5.41) is 8.11. The highest BCUT2D eigenvalue weighted by molar-refractivity contribution is 6.04. The van der Waals surface area contributed by atoms with E-state index in [4.69, 9.17) is 0 Å². The van der Waals surface area contributed by atoms with E-state index in [0.717, 1.165) is 5.52 Å². The third kappa shape index (κ3) is 1.52. The fraction of sp³-hybridized carbons (Fsp3) is 0.364. The molecule has 0 saturated carbocycles. The Morgan fingerprint density at radius 3 is 2.73 bits per heavy atom. The van der Waals surface area contributed by atoms with Crippen LogP contribution in [0.4, 0.5) is 0 Å². The Bertz CT molecular complexity index is 514. The Labute approximate surface area is 87.9 Å². The van der Waals surface area contributed by atoms with E-state index in [-0.39, 0.29) is 11.8 Å². The summed E-state index contributed by atoms with van der Waals surface area (Å²) in [6.45, 7) is 5.62.